The molecule has 29 heavy (non-hydrogen) atoms. The van der Waals surface area contributed by atoms with Gasteiger partial charge in [-0.1, -0.05) is 40.5 Å². The lowest BCUT2D eigenvalue weighted by atomic mass is 10.1. The highest BCUT2D eigenvalue weighted by molar-refractivity contribution is 7.75. The first-order chi connectivity index (χ1) is 13.8. The average molecular weight is 460 g/mol. The SMILES string of the molecule is CCOP(=O)(OCC)/C(=N\O)C(=O)C(Oc1ccc(Cl)cc1)c1ccc(Cl)cc1. The van der Waals surface area contributed by atoms with Crippen LogP contribution in [0.15, 0.2) is 53.7 Å². The van der Waals surface area contributed by atoms with Crippen molar-refractivity contribution in [2.75, 3.05) is 13.2 Å². The summed E-state index contributed by atoms with van der Waals surface area (Å²) in [6.45, 7) is 3.11. The van der Waals surface area contributed by atoms with E-state index in [0.717, 1.165) is 0 Å². The molecule has 0 aromatic heterocycles. The van der Waals surface area contributed by atoms with Crippen molar-refractivity contribution in [3.05, 3.63) is 64.1 Å². The van der Waals surface area contributed by atoms with Gasteiger partial charge >= 0.3 is 7.60 Å². The minimum Gasteiger partial charge on any atom is -0.477 e. The lowest BCUT2D eigenvalue weighted by Crippen LogP contribution is -2.28. The summed E-state index contributed by atoms with van der Waals surface area (Å²) in [5, 5.41) is 13.4. The molecule has 0 amide bonds. The Morgan fingerprint density at radius 3 is 1.93 bits per heavy atom. The summed E-state index contributed by atoms with van der Waals surface area (Å²) < 4.78 is 29.1. The van der Waals surface area contributed by atoms with E-state index in [-0.39, 0.29) is 13.2 Å². The molecule has 0 heterocycles. The molecule has 1 unspecified atom stereocenters. The minimum atomic E-state index is -4.16. The van der Waals surface area contributed by atoms with E-state index in [4.69, 9.17) is 37.0 Å². The normalized spacial score (nSPS) is 13.2. The maximum Gasteiger partial charge on any atom is 0.386 e. The number of ketones is 1. The Balaban J connectivity index is 2.47. The highest BCUT2D eigenvalue weighted by atomic mass is 35.5. The molecular weight excluding hydrogens is 440 g/mol. The summed E-state index contributed by atoms with van der Waals surface area (Å²) in [6.07, 6.45) is -1.30. The van der Waals surface area contributed by atoms with Crippen LogP contribution in [0, 0.1) is 0 Å². The summed E-state index contributed by atoms with van der Waals surface area (Å²) in [4.78, 5) is 13.2. The summed E-state index contributed by atoms with van der Waals surface area (Å²) in [6, 6.07) is 12.6. The first kappa shape index (κ1) is 23.4. The van der Waals surface area contributed by atoms with Gasteiger partial charge in [0.05, 0.1) is 13.2 Å². The van der Waals surface area contributed by atoms with Gasteiger partial charge in [0.1, 0.15) is 5.75 Å². The molecule has 2 aromatic rings. The molecule has 1 N–H and O–H groups in total. The molecule has 156 valence electrons. The van der Waals surface area contributed by atoms with Crippen molar-refractivity contribution in [3.8, 4) is 5.75 Å². The molecule has 0 radical (unpaired) electrons. The van der Waals surface area contributed by atoms with Crippen molar-refractivity contribution < 1.29 is 28.4 Å². The van der Waals surface area contributed by atoms with Crippen LogP contribution in [-0.4, -0.2) is 29.7 Å². The van der Waals surface area contributed by atoms with Gasteiger partial charge in [-0.3, -0.25) is 9.36 Å². The van der Waals surface area contributed by atoms with Crippen molar-refractivity contribution in [1.29, 1.82) is 0 Å². The zero-order chi connectivity index (χ0) is 21.4. The molecule has 1 atom stereocenters. The monoisotopic (exact) mass is 459 g/mol. The number of carbonyl (C=O) groups is 1. The Morgan fingerprint density at radius 2 is 1.48 bits per heavy atom. The number of rotatable bonds is 10. The minimum absolute atomic E-state index is 0.0206. The molecule has 7 nitrogen and oxygen atoms in total. The second-order valence-corrected chi connectivity index (χ2v) is 8.43. The third kappa shape index (κ3) is 6.04. The summed E-state index contributed by atoms with van der Waals surface area (Å²) in [7, 11) is -4.16. The highest BCUT2D eigenvalue weighted by Gasteiger charge is 2.42. The van der Waals surface area contributed by atoms with E-state index in [1.165, 1.54) is 0 Å². The molecule has 0 saturated carbocycles. The molecule has 10 heteroatoms. The van der Waals surface area contributed by atoms with Crippen molar-refractivity contribution in [1.82, 2.24) is 0 Å². The van der Waals surface area contributed by atoms with Gasteiger partial charge in [0.2, 0.25) is 11.2 Å². The van der Waals surface area contributed by atoms with Crippen LogP contribution in [0.4, 0.5) is 0 Å². The Kier molecular flexibility index (Phi) is 8.68. The fraction of sp³-hybridized carbons (Fsp3) is 0.263. The van der Waals surface area contributed by atoms with E-state index in [9.17, 15) is 14.6 Å². The van der Waals surface area contributed by atoms with Crippen LogP contribution >= 0.6 is 30.8 Å². The van der Waals surface area contributed by atoms with Crippen molar-refractivity contribution in [2.45, 2.75) is 20.0 Å². The average Bonchev–Trinajstić information content (AvgIpc) is 2.69. The Labute approximate surface area is 178 Å². The predicted molar refractivity (Wildman–Crippen MR) is 111 cm³/mol. The topological polar surface area (TPSA) is 94.4 Å². The first-order valence-corrected chi connectivity index (χ1v) is 11.0. The summed E-state index contributed by atoms with van der Waals surface area (Å²) in [5.41, 5.74) is -0.356. The lowest BCUT2D eigenvalue weighted by molar-refractivity contribution is -0.119. The van der Waals surface area contributed by atoms with Crippen LogP contribution in [0.25, 0.3) is 0 Å². The standard InChI is InChI=1S/C19H20Cl2NO6P/c1-3-26-29(25,27-4-2)19(22-24)17(23)18(13-5-7-14(20)8-6-13)28-16-11-9-15(21)10-12-16/h5-12,18,24H,3-4H2,1-2H3/b22-19-. The van der Waals surface area contributed by atoms with Crippen molar-refractivity contribution >= 4 is 42.0 Å². The third-order valence-electron chi connectivity index (χ3n) is 3.65. The zero-order valence-electron chi connectivity index (χ0n) is 15.7. The van der Waals surface area contributed by atoms with Crippen LogP contribution in [-0.2, 0) is 18.4 Å². The van der Waals surface area contributed by atoms with E-state index >= 15 is 0 Å². The van der Waals surface area contributed by atoms with Crippen molar-refractivity contribution in [3.63, 3.8) is 0 Å². The third-order valence-corrected chi connectivity index (χ3v) is 6.18. The van der Waals surface area contributed by atoms with Gasteiger partial charge in [0.15, 0.2) is 6.10 Å². The Hall–Kier alpha value is -1.89. The summed E-state index contributed by atoms with van der Waals surface area (Å²) in [5.74, 6) is -0.558. The number of hydrogen-bond acceptors (Lipinski definition) is 7. The first-order valence-electron chi connectivity index (χ1n) is 8.68. The molecule has 0 bridgehead atoms. The van der Waals surface area contributed by atoms with E-state index in [1.54, 1.807) is 62.4 Å². The van der Waals surface area contributed by atoms with E-state index < -0.39 is 24.9 Å². The Bertz CT molecular complexity index is 892. The van der Waals surface area contributed by atoms with Crippen LogP contribution in [0.3, 0.4) is 0 Å². The van der Waals surface area contributed by atoms with Gasteiger partial charge in [-0.25, -0.2) is 0 Å². The van der Waals surface area contributed by atoms with Crippen LogP contribution in [0.5, 0.6) is 5.75 Å². The van der Waals surface area contributed by atoms with Crippen LogP contribution in [0.2, 0.25) is 10.0 Å². The molecule has 0 spiro atoms. The number of nitrogens with zero attached hydrogens (tertiary/aromatic N) is 1. The molecule has 0 aliphatic carbocycles. The fourth-order valence-electron chi connectivity index (χ4n) is 2.42. The predicted octanol–water partition coefficient (Wildman–Crippen LogP) is 5.74. The lowest BCUT2D eigenvalue weighted by Gasteiger charge is -2.22. The van der Waals surface area contributed by atoms with Crippen LogP contribution in [0.1, 0.15) is 25.5 Å². The smallest absolute Gasteiger partial charge is 0.386 e. The number of benzene rings is 2. The molecular formula is C19H20Cl2NO6P. The molecule has 0 fully saturated rings. The van der Waals surface area contributed by atoms with E-state index in [2.05, 4.69) is 5.16 Å². The van der Waals surface area contributed by atoms with E-state index in [0.29, 0.717) is 21.4 Å². The highest BCUT2D eigenvalue weighted by Crippen LogP contribution is 2.51. The number of hydrogen-bond donors (Lipinski definition) is 1. The van der Waals surface area contributed by atoms with Gasteiger partial charge in [0.25, 0.3) is 0 Å². The second kappa shape index (κ2) is 10.8. The maximum atomic E-state index is 13.2. The molecule has 0 aliphatic heterocycles. The number of Topliss-reactive ketones (excluding diaryl/α,β-unsaturated/α-hetero) is 1. The van der Waals surface area contributed by atoms with Gasteiger partial charge in [0, 0.05) is 15.6 Å². The van der Waals surface area contributed by atoms with Crippen molar-refractivity contribution in [2.24, 2.45) is 5.16 Å². The zero-order valence-corrected chi connectivity index (χ0v) is 18.2. The molecule has 0 aliphatic rings. The number of oxime groups is 1. The molecule has 0 saturated heterocycles. The number of carbonyl (C=O) groups excluding carboxylic acids is 1. The summed E-state index contributed by atoms with van der Waals surface area (Å²) >= 11 is 11.8. The Morgan fingerprint density at radius 1 is 1.00 bits per heavy atom. The van der Waals surface area contributed by atoms with Gasteiger partial charge in [-0.2, -0.15) is 0 Å². The van der Waals surface area contributed by atoms with E-state index in [1.807, 2.05) is 0 Å². The fourth-order valence-corrected chi connectivity index (χ4v) is 4.16. The maximum absolute atomic E-state index is 13.2. The largest absolute Gasteiger partial charge is 0.477 e. The van der Waals surface area contributed by atoms with Crippen LogP contribution < -0.4 is 4.74 Å². The van der Waals surface area contributed by atoms with Gasteiger partial charge in [-0.15, -0.1) is 0 Å². The number of halogens is 2. The van der Waals surface area contributed by atoms with Gasteiger partial charge in [-0.05, 0) is 50.2 Å². The van der Waals surface area contributed by atoms with Gasteiger partial charge < -0.3 is 19.0 Å². The second-order valence-electron chi connectivity index (χ2n) is 5.62. The quantitative estimate of drug-likeness (QED) is 0.210. The number of ether oxygens (including phenoxy) is 1. The molecule has 2 rings (SSSR count). The molecule has 2 aromatic carbocycles.